The molecular formula is C10H12O3. The minimum absolute atomic E-state index is 0.0684. The van der Waals surface area contributed by atoms with Gasteiger partial charge in [0.05, 0.1) is 5.92 Å². The lowest BCUT2D eigenvalue weighted by Gasteiger charge is -2.11. The Bertz CT molecular complexity index is 283. The summed E-state index contributed by atoms with van der Waals surface area (Å²) in [5, 5.41) is 0. The van der Waals surface area contributed by atoms with Crippen LogP contribution in [0.2, 0.25) is 0 Å². The number of carbonyl (C=O) groups excluding carboxylic acids is 2. The summed E-state index contributed by atoms with van der Waals surface area (Å²) in [6.07, 6.45) is 2.40. The summed E-state index contributed by atoms with van der Waals surface area (Å²) in [5.74, 6) is 2.06. The van der Waals surface area contributed by atoms with E-state index >= 15 is 0 Å². The number of hydrogen-bond acceptors (Lipinski definition) is 3. The molecule has 4 bridgehead atoms. The average molecular weight is 180 g/mol. The van der Waals surface area contributed by atoms with Gasteiger partial charge in [-0.3, -0.25) is 9.59 Å². The van der Waals surface area contributed by atoms with Crippen LogP contribution in [-0.4, -0.2) is 11.9 Å². The largest absolute Gasteiger partial charge is 0.393 e. The van der Waals surface area contributed by atoms with Gasteiger partial charge in [-0.1, -0.05) is 0 Å². The monoisotopic (exact) mass is 180 g/mol. The third-order valence-electron chi connectivity index (χ3n) is 3.99. The van der Waals surface area contributed by atoms with E-state index in [-0.39, 0.29) is 11.9 Å². The lowest BCUT2D eigenvalue weighted by molar-refractivity contribution is -0.162. The van der Waals surface area contributed by atoms with E-state index in [4.69, 9.17) is 0 Å². The average Bonchev–Trinajstić information content (AvgIpc) is 2.52. The highest BCUT2D eigenvalue weighted by Crippen LogP contribution is 2.73. The quantitative estimate of drug-likeness (QED) is 0.446. The number of esters is 2. The van der Waals surface area contributed by atoms with Crippen LogP contribution in [0.5, 0.6) is 0 Å². The number of carbonyl (C=O) groups is 2. The zero-order valence-electron chi connectivity index (χ0n) is 7.53. The SMILES string of the molecule is CC(=O)OC(=O)[C@@H]1C2C[C@@H]3C1[C@@H]3C2. The van der Waals surface area contributed by atoms with Crippen LogP contribution in [0, 0.1) is 29.6 Å². The predicted octanol–water partition coefficient (Wildman–Crippen LogP) is 0.978. The molecular weight excluding hydrogens is 168 g/mol. The summed E-state index contributed by atoms with van der Waals surface area (Å²) in [5.41, 5.74) is 0. The van der Waals surface area contributed by atoms with Gasteiger partial charge in [-0.2, -0.15) is 0 Å². The second kappa shape index (κ2) is 2.14. The molecule has 0 heterocycles. The van der Waals surface area contributed by atoms with Crippen LogP contribution < -0.4 is 0 Å². The molecule has 70 valence electrons. The molecule has 4 fully saturated rings. The molecule has 0 aromatic carbocycles. The Kier molecular flexibility index (Phi) is 1.24. The maximum absolute atomic E-state index is 11.5. The van der Waals surface area contributed by atoms with Crippen molar-refractivity contribution in [2.45, 2.75) is 19.8 Å². The fourth-order valence-electron chi connectivity index (χ4n) is 3.63. The molecule has 0 aromatic heterocycles. The van der Waals surface area contributed by atoms with Crippen LogP contribution in [0.4, 0.5) is 0 Å². The van der Waals surface area contributed by atoms with Crippen molar-refractivity contribution in [2.24, 2.45) is 29.6 Å². The molecule has 4 saturated carbocycles. The van der Waals surface area contributed by atoms with E-state index in [1.54, 1.807) is 0 Å². The van der Waals surface area contributed by atoms with E-state index < -0.39 is 5.97 Å². The summed E-state index contributed by atoms with van der Waals surface area (Å²) in [7, 11) is 0. The summed E-state index contributed by atoms with van der Waals surface area (Å²) in [4.78, 5) is 22.1. The first-order valence-corrected chi connectivity index (χ1v) is 4.90. The molecule has 13 heavy (non-hydrogen) atoms. The van der Waals surface area contributed by atoms with E-state index in [2.05, 4.69) is 4.74 Å². The van der Waals surface area contributed by atoms with Crippen molar-refractivity contribution in [3.05, 3.63) is 0 Å². The van der Waals surface area contributed by atoms with Crippen LogP contribution in [-0.2, 0) is 14.3 Å². The molecule has 0 aromatic rings. The maximum Gasteiger partial charge on any atom is 0.317 e. The minimum atomic E-state index is -0.466. The molecule has 0 aliphatic heterocycles. The Morgan fingerprint density at radius 1 is 1.23 bits per heavy atom. The van der Waals surface area contributed by atoms with E-state index in [1.807, 2.05) is 0 Å². The summed E-state index contributed by atoms with van der Waals surface area (Å²) < 4.78 is 4.65. The molecule has 3 nitrogen and oxygen atoms in total. The molecule has 5 atom stereocenters. The topological polar surface area (TPSA) is 43.4 Å². The normalized spacial score (nSPS) is 49.2. The molecule has 4 rings (SSSR count). The van der Waals surface area contributed by atoms with Crippen molar-refractivity contribution in [1.29, 1.82) is 0 Å². The Balaban J connectivity index is 1.74. The Labute approximate surface area is 76.4 Å². The van der Waals surface area contributed by atoms with Crippen molar-refractivity contribution < 1.29 is 14.3 Å². The smallest absolute Gasteiger partial charge is 0.317 e. The Morgan fingerprint density at radius 3 is 2.23 bits per heavy atom. The lowest BCUT2D eigenvalue weighted by atomic mass is 9.99. The highest BCUT2D eigenvalue weighted by Gasteiger charge is 2.70. The highest BCUT2D eigenvalue weighted by atomic mass is 16.6. The van der Waals surface area contributed by atoms with Crippen molar-refractivity contribution >= 4 is 11.9 Å². The van der Waals surface area contributed by atoms with Gasteiger partial charge in [-0.05, 0) is 36.5 Å². The van der Waals surface area contributed by atoms with Crippen LogP contribution in [0.15, 0.2) is 0 Å². The van der Waals surface area contributed by atoms with Gasteiger partial charge in [-0.15, -0.1) is 0 Å². The van der Waals surface area contributed by atoms with Gasteiger partial charge in [0.15, 0.2) is 0 Å². The standard InChI is InChI=1S/C10H12O3/c1-4(11)13-10(12)8-5-2-6-7(3-5)9(6)8/h5-9H,2-3H2,1H3/t5?,6-,7+,8-,9?/m1/s1. The third kappa shape index (κ3) is 0.847. The van der Waals surface area contributed by atoms with Crippen molar-refractivity contribution in [3.8, 4) is 0 Å². The number of hydrogen-bond donors (Lipinski definition) is 0. The minimum Gasteiger partial charge on any atom is -0.393 e. The number of ether oxygens (including phenoxy) is 1. The van der Waals surface area contributed by atoms with Gasteiger partial charge in [0.25, 0.3) is 0 Å². The van der Waals surface area contributed by atoms with Crippen LogP contribution in [0.1, 0.15) is 19.8 Å². The van der Waals surface area contributed by atoms with Crippen LogP contribution in [0.25, 0.3) is 0 Å². The summed E-state index contributed by atoms with van der Waals surface area (Å²) in [6.45, 7) is 1.29. The maximum atomic E-state index is 11.5. The summed E-state index contributed by atoms with van der Waals surface area (Å²) in [6, 6.07) is 0. The lowest BCUT2D eigenvalue weighted by Crippen LogP contribution is -2.22. The van der Waals surface area contributed by atoms with Gasteiger partial charge in [0.1, 0.15) is 0 Å². The first-order valence-electron chi connectivity index (χ1n) is 4.90. The van der Waals surface area contributed by atoms with Crippen molar-refractivity contribution in [3.63, 3.8) is 0 Å². The second-order valence-corrected chi connectivity index (χ2v) is 4.58. The predicted molar refractivity (Wildman–Crippen MR) is 43.5 cm³/mol. The molecule has 0 N–H and O–H groups in total. The molecule has 0 amide bonds. The van der Waals surface area contributed by atoms with Crippen LogP contribution >= 0.6 is 0 Å². The van der Waals surface area contributed by atoms with E-state index in [9.17, 15) is 9.59 Å². The fraction of sp³-hybridized carbons (Fsp3) is 0.800. The second-order valence-electron chi connectivity index (χ2n) is 4.58. The van der Waals surface area contributed by atoms with E-state index in [0.29, 0.717) is 11.8 Å². The third-order valence-corrected chi connectivity index (χ3v) is 3.99. The van der Waals surface area contributed by atoms with Gasteiger partial charge in [-0.25, -0.2) is 0 Å². The van der Waals surface area contributed by atoms with Gasteiger partial charge >= 0.3 is 11.9 Å². The zero-order valence-corrected chi connectivity index (χ0v) is 7.53. The van der Waals surface area contributed by atoms with Crippen molar-refractivity contribution in [2.75, 3.05) is 0 Å². The van der Waals surface area contributed by atoms with Crippen molar-refractivity contribution in [1.82, 2.24) is 0 Å². The van der Waals surface area contributed by atoms with Gasteiger partial charge in [0, 0.05) is 6.92 Å². The molecule has 0 saturated heterocycles. The van der Waals surface area contributed by atoms with Crippen LogP contribution in [0.3, 0.4) is 0 Å². The first-order chi connectivity index (χ1) is 6.18. The zero-order chi connectivity index (χ0) is 9.16. The highest BCUT2D eigenvalue weighted by molar-refractivity contribution is 5.86. The Morgan fingerprint density at radius 2 is 1.85 bits per heavy atom. The molecule has 4 aliphatic rings. The van der Waals surface area contributed by atoms with E-state index in [0.717, 1.165) is 11.8 Å². The van der Waals surface area contributed by atoms with Gasteiger partial charge in [0.2, 0.25) is 0 Å². The molecule has 4 aliphatic carbocycles. The Hall–Kier alpha value is -0.860. The molecule has 0 radical (unpaired) electrons. The molecule has 0 spiro atoms. The molecule has 3 heteroatoms. The van der Waals surface area contributed by atoms with Gasteiger partial charge < -0.3 is 4.74 Å². The fourth-order valence-corrected chi connectivity index (χ4v) is 3.63. The molecule has 2 unspecified atom stereocenters. The number of rotatable bonds is 1. The van der Waals surface area contributed by atoms with E-state index in [1.165, 1.54) is 19.8 Å². The first kappa shape index (κ1) is 7.54. The summed E-state index contributed by atoms with van der Waals surface area (Å²) >= 11 is 0.